The van der Waals surface area contributed by atoms with E-state index < -0.39 is 46.8 Å². The van der Waals surface area contributed by atoms with E-state index in [-0.39, 0.29) is 30.4 Å². The van der Waals surface area contributed by atoms with Gasteiger partial charge in [-0.25, -0.2) is 4.90 Å². The second-order valence-electron chi connectivity index (χ2n) is 12.6. The number of carbonyl (C=O) groups is 4. The zero-order valence-corrected chi connectivity index (χ0v) is 26.4. The number of para-hydroxylation sites is 1. The van der Waals surface area contributed by atoms with Crippen LogP contribution in [0.5, 0.6) is 5.75 Å². The summed E-state index contributed by atoms with van der Waals surface area (Å²) in [5.74, 6) is -5.30. The molecule has 0 aromatic heterocycles. The van der Waals surface area contributed by atoms with Crippen molar-refractivity contribution < 1.29 is 24.3 Å². The molecule has 0 bridgehead atoms. The van der Waals surface area contributed by atoms with Gasteiger partial charge in [0.1, 0.15) is 5.75 Å². The summed E-state index contributed by atoms with van der Waals surface area (Å²) in [6.45, 7) is 0. The number of hydrogen-bond donors (Lipinski definition) is 1. The van der Waals surface area contributed by atoms with Crippen molar-refractivity contribution in [2.45, 2.75) is 24.2 Å². The van der Waals surface area contributed by atoms with E-state index in [0.717, 1.165) is 5.57 Å². The smallest absolute Gasteiger partial charge is 0.246 e. The van der Waals surface area contributed by atoms with Crippen molar-refractivity contribution in [3.05, 3.63) is 136 Å². The summed E-state index contributed by atoms with van der Waals surface area (Å²) in [5.41, 5.74) is 1.07. The number of anilines is 2. The Morgan fingerprint density at radius 2 is 1.36 bits per heavy atom. The molecule has 3 fully saturated rings. The number of phenols is 1. The Morgan fingerprint density at radius 3 is 2.09 bits per heavy atom. The average Bonchev–Trinajstić information content (AvgIpc) is 3.47. The summed E-state index contributed by atoms with van der Waals surface area (Å²) < 4.78 is 0. The number of nitrogens with zero attached hydrogens (tertiary/aromatic N) is 2. The Labute approximate surface area is 281 Å². The van der Waals surface area contributed by atoms with E-state index >= 15 is 4.79 Å². The Balaban J connectivity index is 1.38. The Morgan fingerprint density at radius 1 is 0.681 bits per heavy atom. The first-order chi connectivity index (χ1) is 22.7. The number of rotatable bonds is 4. The standard InChI is InChI=1S/C38H28Cl2N2O5/c39-22-10-7-13-25(18-22)42-35(45)30-20-28-26(15-16-27-32(28)36(46)41(34(27)44)24-11-5-2-6-12-24)33(29-19-23(40)14-17-31(29)43)38(30,37(42)47)21-8-3-1-4-9-21/h1-15,17-19,27-28,30,32-33,43H,16,20H2. The number of phenolic OH excluding ortho intramolecular Hbond substituents is 1. The third-order valence-corrected chi connectivity index (χ3v) is 11.0. The number of fused-ring (bicyclic) bond motifs is 4. The van der Waals surface area contributed by atoms with Gasteiger partial charge in [-0.15, -0.1) is 0 Å². The minimum absolute atomic E-state index is 0.0849. The van der Waals surface area contributed by atoms with E-state index in [9.17, 15) is 19.5 Å². The fraction of sp³-hybridized carbons (Fsp3) is 0.211. The van der Waals surface area contributed by atoms with E-state index in [1.807, 2.05) is 42.5 Å². The molecule has 6 atom stereocenters. The van der Waals surface area contributed by atoms with Crippen LogP contribution in [-0.4, -0.2) is 28.7 Å². The molecule has 2 aliphatic carbocycles. The predicted octanol–water partition coefficient (Wildman–Crippen LogP) is 7.07. The lowest BCUT2D eigenvalue weighted by Gasteiger charge is -2.50. The van der Waals surface area contributed by atoms with Gasteiger partial charge in [-0.05, 0) is 72.9 Å². The summed E-state index contributed by atoms with van der Waals surface area (Å²) in [6, 6.07) is 29.3. The van der Waals surface area contributed by atoms with Gasteiger partial charge in [0.15, 0.2) is 0 Å². The molecule has 2 heterocycles. The third kappa shape index (κ3) is 4.19. The maximum atomic E-state index is 15.2. The number of carbonyl (C=O) groups excluding carboxylic acids is 4. The van der Waals surface area contributed by atoms with Gasteiger partial charge >= 0.3 is 0 Å². The molecule has 2 saturated heterocycles. The molecule has 2 aliphatic heterocycles. The first kappa shape index (κ1) is 29.7. The zero-order valence-electron chi connectivity index (χ0n) is 24.9. The predicted molar refractivity (Wildman–Crippen MR) is 178 cm³/mol. The molecular formula is C38H28Cl2N2O5. The van der Waals surface area contributed by atoms with Crippen molar-refractivity contribution >= 4 is 58.2 Å². The SMILES string of the molecule is O=C1C2CC=C3C(CC4C(=O)N(c5cccc(Cl)c5)C(=O)C4(c4ccccc4)C3c3cc(Cl)ccc3O)C2C(=O)N1c1ccccc1. The minimum atomic E-state index is -1.50. The summed E-state index contributed by atoms with van der Waals surface area (Å²) in [7, 11) is 0. The molecule has 6 unspecified atom stereocenters. The van der Waals surface area contributed by atoms with Gasteiger partial charge in [-0.2, -0.15) is 0 Å². The Kier molecular flexibility index (Phi) is 6.90. The Hall–Kier alpha value is -4.72. The molecule has 4 aliphatic rings. The monoisotopic (exact) mass is 662 g/mol. The normalized spacial score (nSPS) is 28.2. The van der Waals surface area contributed by atoms with Crippen LogP contribution in [0.1, 0.15) is 29.9 Å². The lowest BCUT2D eigenvalue weighted by Crippen LogP contribution is -2.53. The van der Waals surface area contributed by atoms with Crippen molar-refractivity contribution in [2.24, 2.45) is 23.7 Å². The van der Waals surface area contributed by atoms with Crippen LogP contribution in [0.2, 0.25) is 10.0 Å². The molecule has 0 spiro atoms. The topological polar surface area (TPSA) is 95.0 Å². The van der Waals surface area contributed by atoms with E-state index in [4.69, 9.17) is 23.2 Å². The molecule has 1 saturated carbocycles. The summed E-state index contributed by atoms with van der Waals surface area (Å²) in [4.78, 5) is 60.6. The maximum Gasteiger partial charge on any atom is 0.246 e. The molecule has 4 aromatic rings. The van der Waals surface area contributed by atoms with Gasteiger partial charge in [-0.1, -0.05) is 89.4 Å². The van der Waals surface area contributed by atoms with Crippen LogP contribution < -0.4 is 9.80 Å². The van der Waals surface area contributed by atoms with Gasteiger partial charge in [-0.3, -0.25) is 24.1 Å². The highest BCUT2D eigenvalue weighted by Gasteiger charge is 2.70. The molecule has 4 amide bonds. The van der Waals surface area contributed by atoms with Crippen molar-refractivity contribution in [1.82, 2.24) is 0 Å². The second kappa shape index (κ2) is 10.9. The molecule has 1 N–H and O–H groups in total. The van der Waals surface area contributed by atoms with Crippen molar-refractivity contribution in [2.75, 3.05) is 9.80 Å². The van der Waals surface area contributed by atoms with E-state index in [0.29, 0.717) is 32.5 Å². The van der Waals surface area contributed by atoms with Crippen LogP contribution in [0.4, 0.5) is 11.4 Å². The van der Waals surface area contributed by atoms with E-state index in [1.54, 1.807) is 60.7 Å². The van der Waals surface area contributed by atoms with Gasteiger partial charge < -0.3 is 5.11 Å². The van der Waals surface area contributed by atoms with Crippen LogP contribution in [-0.2, 0) is 24.6 Å². The second-order valence-corrected chi connectivity index (χ2v) is 13.5. The molecule has 8 rings (SSSR count). The number of allylic oxidation sites excluding steroid dienone is 2. The quantitative estimate of drug-likeness (QED) is 0.186. The van der Waals surface area contributed by atoms with Gasteiger partial charge in [0.25, 0.3) is 0 Å². The highest BCUT2D eigenvalue weighted by Crippen LogP contribution is 2.65. The van der Waals surface area contributed by atoms with E-state index in [1.165, 1.54) is 15.9 Å². The first-order valence-corrected chi connectivity index (χ1v) is 16.3. The molecule has 4 aromatic carbocycles. The molecule has 0 radical (unpaired) electrons. The summed E-state index contributed by atoms with van der Waals surface area (Å²) in [5, 5.41) is 12.2. The zero-order chi connectivity index (χ0) is 32.6. The first-order valence-electron chi connectivity index (χ1n) is 15.5. The molecular weight excluding hydrogens is 635 g/mol. The molecule has 9 heteroatoms. The lowest BCUT2D eigenvalue weighted by atomic mass is 9.49. The van der Waals surface area contributed by atoms with Crippen LogP contribution in [0.3, 0.4) is 0 Å². The average molecular weight is 664 g/mol. The van der Waals surface area contributed by atoms with Crippen LogP contribution in [0.15, 0.2) is 115 Å². The number of hydrogen-bond acceptors (Lipinski definition) is 5. The van der Waals surface area contributed by atoms with Crippen LogP contribution >= 0.6 is 23.2 Å². The van der Waals surface area contributed by atoms with Gasteiger partial charge in [0.2, 0.25) is 23.6 Å². The van der Waals surface area contributed by atoms with Crippen molar-refractivity contribution in [1.29, 1.82) is 0 Å². The molecule has 234 valence electrons. The van der Waals surface area contributed by atoms with Crippen molar-refractivity contribution in [3.8, 4) is 5.75 Å². The van der Waals surface area contributed by atoms with Crippen LogP contribution in [0.25, 0.3) is 0 Å². The third-order valence-electron chi connectivity index (χ3n) is 10.5. The van der Waals surface area contributed by atoms with Crippen molar-refractivity contribution in [3.63, 3.8) is 0 Å². The number of imide groups is 2. The number of halogens is 2. The molecule has 7 nitrogen and oxygen atoms in total. The van der Waals surface area contributed by atoms with Gasteiger partial charge in [0, 0.05) is 21.5 Å². The minimum Gasteiger partial charge on any atom is -0.508 e. The fourth-order valence-electron chi connectivity index (χ4n) is 8.68. The summed E-state index contributed by atoms with van der Waals surface area (Å²) >= 11 is 12.9. The van der Waals surface area contributed by atoms with E-state index in [2.05, 4.69) is 0 Å². The van der Waals surface area contributed by atoms with Gasteiger partial charge in [0.05, 0.1) is 34.5 Å². The fourth-order valence-corrected chi connectivity index (χ4v) is 9.04. The largest absolute Gasteiger partial charge is 0.508 e. The highest BCUT2D eigenvalue weighted by atomic mass is 35.5. The summed E-state index contributed by atoms with van der Waals surface area (Å²) in [6.07, 6.45) is 2.39. The maximum absolute atomic E-state index is 15.2. The lowest BCUT2D eigenvalue weighted by molar-refractivity contribution is -0.127. The number of benzene rings is 4. The highest BCUT2D eigenvalue weighted by molar-refractivity contribution is 6.32. The van der Waals surface area contributed by atoms with Crippen LogP contribution in [0, 0.1) is 23.7 Å². The number of aromatic hydroxyl groups is 1. The Bertz CT molecular complexity index is 2010. The molecule has 47 heavy (non-hydrogen) atoms. The number of amides is 4.